The molecule has 0 radical (unpaired) electrons. The Balaban J connectivity index is 1.04. The maximum atomic E-state index is 13.3. The number of rotatable bonds is 10. The molecule has 0 saturated carbocycles. The Morgan fingerprint density at radius 3 is 2.65 bits per heavy atom. The molecule has 4 aromatic rings. The number of nitrogens with one attached hydrogen (secondary N) is 1. The first-order valence-corrected chi connectivity index (χ1v) is 15.9. The quantitative estimate of drug-likeness (QED) is 0.255. The first-order chi connectivity index (χ1) is 20.9. The fraction of sp³-hybridized carbons (Fsp3) is 0.438. The van der Waals surface area contributed by atoms with Crippen LogP contribution in [0.2, 0.25) is 0 Å². The number of benzene rings is 2. The summed E-state index contributed by atoms with van der Waals surface area (Å²) in [7, 11) is 0. The predicted octanol–water partition coefficient (Wildman–Crippen LogP) is 3.15. The van der Waals surface area contributed by atoms with E-state index in [1.165, 1.54) is 29.7 Å². The number of carbonyl (C=O) groups excluding carboxylic acids is 2. The number of para-hydroxylation sites is 2. The van der Waals surface area contributed by atoms with Crippen LogP contribution in [-0.4, -0.2) is 78.2 Å². The third kappa shape index (κ3) is 6.50. The van der Waals surface area contributed by atoms with E-state index in [-0.39, 0.29) is 12.6 Å². The highest BCUT2D eigenvalue weighted by molar-refractivity contribution is 7.09. The predicted molar refractivity (Wildman–Crippen MR) is 164 cm³/mol. The largest absolute Gasteiger partial charge is 0.380 e. The lowest BCUT2D eigenvalue weighted by Gasteiger charge is -2.29. The summed E-state index contributed by atoms with van der Waals surface area (Å²) in [5.74, 6) is -0.548. The number of carbonyl (C=O) groups is 2. The highest BCUT2D eigenvalue weighted by Gasteiger charge is 2.38. The summed E-state index contributed by atoms with van der Waals surface area (Å²) in [5, 5.41) is 26.6. The second-order valence-electron chi connectivity index (χ2n) is 11.5. The molecule has 3 atom stereocenters. The van der Waals surface area contributed by atoms with Gasteiger partial charge in [0.05, 0.1) is 35.9 Å². The molecule has 0 spiro atoms. The van der Waals surface area contributed by atoms with Crippen molar-refractivity contribution in [3.8, 4) is 0 Å². The summed E-state index contributed by atoms with van der Waals surface area (Å²) >= 11 is 1.40. The van der Waals surface area contributed by atoms with E-state index in [9.17, 15) is 19.8 Å². The van der Waals surface area contributed by atoms with Crippen molar-refractivity contribution in [2.24, 2.45) is 0 Å². The average Bonchev–Trinajstić information content (AvgIpc) is 3.84. The zero-order chi connectivity index (χ0) is 29.9. The number of aromatic nitrogens is 3. The summed E-state index contributed by atoms with van der Waals surface area (Å²) in [4.78, 5) is 39.3. The summed E-state index contributed by atoms with van der Waals surface area (Å²) in [6.45, 7) is 6.16. The maximum Gasteiger partial charge on any atom is 0.255 e. The van der Waals surface area contributed by atoms with Crippen LogP contribution in [0, 0.1) is 6.92 Å². The zero-order valence-corrected chi connectivity index (χ0v) is 25.2. The molecule has 3 N–H and O–H groups in total. The smallest absolute Gasteiger partial charge is 0.255 e. The molecule has 2 aromatic carbocycles. The zero-order valence-electron chi connectivity index (χ0n) is 24.4. The van der Waals surface area contributed by atoms with Crippen LogP contribution in [0.5, 0.6) is 0 Å². The van der Waals surface area contributed by atoms with Crippen LogP contribution in [0.1, 0.15) is 59.4 Å². The van der Waals surface area contributed by atoms with Crippen LogP contribution in [0.3, 0.4) is 0 Å². The number of hydrogen-bond acceptors (Lipinski definition) is 8. The summed E-state index contributed by atoms with van der Waals surface area (Å²) in [6.07, 6.45) is 0.296. The molecule has 2 saturated heterocycles. The Bertz CT molecular complexity index is 1600. The number of nitrogens with zero attached hydrogens (tertiary/aromatic N) is 5. The van der Waals surface area contributed by atoms with Crippen LogP contribution >= 0.6 is 11.3 Å². The van der Waals surface area contributed by atoms with Crippen molar-refractivity contribution < 1.29 is 19.8 Å². The van der Waals surface area contributed by atoms with E-state index in [0.717, 1.165) is 60.6 Å². The van der Waals surface area contributed by atoms with Gasteiger partial charge in [-0.2, -0.15) is 0 Å². The molecule has 1 unspecified atom stereocenters. The van der Waals surface area contributed by atoms with Crippen molar-refractivity contribution >= 4 is 34.2 Å². The van der Waals surface area contributed by atoms with E-state index in [1.807, 2.05) is 48.7 Å². The molecule has 2 aliphatic heterocycles. The van der Waals surface area contributed by atoms with Crippen molar-refractivity contribution in [2.45, 2.75) is 70.5 Å². The van der Waals surface area contributed by atoms with Crippen molar-refractivity contribution in [3.63, 3.8) is 0 Å². The lowest BCUT2D eigenvalue weighted by molar-refractivity contribution is -0.153. The Morgan fingerprint density at radius 1 is 1.00 bits per heavy atom. The molecule has 0 aliphatic carbocycles. The van der Waals surface area contributed by atoms with Crippen molar-refractivity contribution in [1.82, 2.24) is 29.7 Å². The molecule has 6 rings (SSSR count). The summed E-state index contributed by atoms with van der Waals surface area (Å²) in [5.41, 5.74) is 5.02. The maximum absolute atomic E-state index is 13.3. The van der Waals surface area contributed by atoms with Gasteiger partial charge >= 0.3 is 0 Å². The van der Waals surface area contributed by atoms with Crippen LogP contribution in [0.15, 0.2) is 53.9 Å². The number of amides is 2. The van der Waals surface area contributed by atoms with Gasteiger partial charge in [-0.1, -0.05) is 36.4 Å². The second kappa shape index (κ2) is 12.9. The lowest BCUT2D eigenvalue weighted by atomic mass is 10.0. The number of likely N-dealkylation sites (tertiary alicyclic amines) is 2. The van der Waals surface area contributed by atoms with Gasteiger partial charge < -0.3 is 25.0 Å². The lowest BCUT2D eigenvalue weighted by Crippen LogP contribution is -2.50. The number of aryl methyl sites for hydroxylation is 1. The Kier molecular flexibility index (Phi) is 8.85. The third-order valence-corrected chi connectivity index (χ3v) is 9.37. The van der Waals surface area contributed by atoms with Gasteiger partial charge in [0.1, 0.15) is 10.8 Å². The minimum absolute atomic E-state index is 0.0846. The number of fused-ring (bicyclic) bond motifs is 1. The number of aliphatic hydroxyl groups excluding tert-OH is 2. The monoisotopic (exact) mass is 602 g/mol. The van der Waals surface area contributed by atoms with Crippen molar-refractivity contribution in [3.05, 3.63) is 81.6 Å². The number of thiazole rings is 1. The Labute approximate surface area is 255 Å². The van der Waals surface area contributed by atoms with E-state index < -0.39 is 24.0 Å². The highest BCUT2D eigenvalue weighted by atomic mass is 32.1. The second-order valence-corrected chi connectivity index (χ2v) is 12.4. The Hall–Kier alpha value is -3.64. The number of hydrogen-bond donors (Lipinski definition) is 3. The van der Waals surface area contributed by atoms with E-state index in [1.54, 1.807) is 4.90 Å². The topological polar surface area (TPSA) is 124 Å². The minimum atomic E-state index is -1.88. The van der Waals surface area contributed by atoms with Gasteiger partial charge in [0.25, 0.3) is 11.8 Å². The molecule has 2 fully saturated rings. The van der Waals surface area contributed by atoms with Gasteiger partial charge in [0.2, 0.25) is 0 Å². The molecular weight excluding hydrogens is 564 g/mol. The van der Waals surface area contributed by atoms with Gasteiger partial charge in [-0.3, -0.25) is 14.5 Å². The van der Waals surface area contributed by atoms with Gasteiger partial charge in [-0.25, -0.2) is 9.97 Å². The van der Waals surface area contributed by atoms with Crippen LogP contribution in [0.4, 0.5) is 0 Å². The first-order valence-electron chi connectivity index (χ1n) is 15.0. The molecule has 0 bridgehead atoms. The SMILES string of the molecule is Cc1nc2ccccc2n1Cc1csc(CNC(=O)[C@H](O)[C@@H](O)C(=O)N2CCCC2c2cccc(CN3CCCC3)c2)n1. The summed E-state index contributed by atoms with van der Waals surface area (Å²) in [6, 6.07) is 16.0. The molecule has 226 valence electrons. The van der Waals surface area contributed by atoms with Gasteiger partial charge in [-0.15, -0.1) is 11.3 Å². The highest BCUT2D eigenvalue weighted by Crippen LogP contribution is 2.33. The molecule has 10 nitrogen and oxygen atoms in total. The molecule has 11 heteroatoms. The van der Waals surface area contributed by atoms with E-state index >= 15 is 0 Å². The number of imidazole rings is 1. The summed E-state index contributed by atoms with van der Waals surface area (Å²) < 4.78 is 2.09. The van der Waals surface area contributed by atoms with Crippen molar-refractivity contribution in [2.75, 3.05) is 19.6 Å². The van der Waals surface area contributed by atoms with E-state index in [2.05, 4.69) is 36.9 Å². The fourth-order valence-electron chi connectivity index (χ4n) is 6.25. The molecule has 43 heavy (non-hydrogen) atoms. The number of aliphatic hydroxyl groups is 2. The average molecular weight is 603 g/mol. The fourth-order valence-corrected chi connectivity index (χ4v) is 6.98. The normalized spacial score (nSPS) is 18.8. The molecule has 2 amide bonds. The van der Waals surface area contributed by atoms with E-state index in [0.29, 0.717) is 18.1 Å². The molecule has 4 heterocycles. The first kappa shape index (κ1) is 29.4. The van der Waals surface area contributed by atoms with Crippen molar-refractivity contribution in [1.29, 1.82) is 0 Å². The molecule has 2 aromatic heterocycles. The van der Waals surface area contributed by atoms with Gasteiger partial charge in [0, 0.05) is 18.5 Å². The third-order valence-electron chi connectivity index (χ3n) is 8.48. The van der Waals surface area contributed by atoms with Gasteiger partial charge in [-0.05, 0) is 69.0 Å². The minimum Gasteiger partial charge on any atom is -0.380 e. The van der Waals surface area contributed by atoms with Gasteiger partial charge in [0.15, 0.2) is 12.2 Å². The molecular formula is C32H38N6O4S. The van der Waals surface area contributed by atoms with Crippen LogP contribution in [-0.2, 0) is 29.2 Å². The van der Waals surface area contributed by atoms with E-state index in [4.69, 9.17) is 0 Å². The Morgan fingerprint density at radius 2 is 1.81 bits per heavy atom. The standard InChI is InChI=1S/C32H38N6O4S/c1-21-34-25-10-2-3-11-27(25)38(21)19-24-20-43-28(35-24)17-33-31(41)29(39)30(40)32(42)37-15-7-12-26(37)23-9-6-8-22(16-23)18-36-13-4-5-14-36/h2-3,6,8-11,16,20,26,29-30,39-40H,4-5,7,12-15,17-19H2,1H3,(H,33,41)/t26?,29-,30-/m1/s1. The van der Waals surface area contributed by atoms with Crippen LogP contribution in [0.25, 0.3) is 11.0 Å². The van der Waals surface area contributed by atoms with Crippen LogP contribution < -0.4 is 5.32 Å². The molecule has 2 aliphatic rings.